The van der Waals surface area contributed by atoms with E-state index in [-0.39, 0.29) is 6.15 Å². The minimum Gasteiger partial charge on any atom is -0.458 e. The van der Waals surface area contributed by atoms with Gasteiger partial charge in [0, 0.05) is 0 Å². The summed E-state index contributed by atoms with van der Waals surface area (Å²) in [6.45, 7) is 11.5. The molecule has 0 aromatic carbocycles. The Morgan fingerprint density at radius 3 is 2.08 bits per heavy atom. The summed E-state index contributed by atoms with van der Waals surface area (Å²) in [5, 5.41) is 0. The molecule has 0 rings (SSSR count). The molecule has 0 radical (unpaired) electrons. The molecule has 2 nitrogen and oxygen atoms in total. The molecule has 0 aliphatic heterocycles. The zero-order chi connectivity index (χ0) is 8.91. The van der Waals surface area contributed by atoms with Crippen molar-refractivity contribution in [2.75, 3.05) is 0 Å². The average Bonchev–Trinajstić information content (AvgIpc) is 1.81. The summed E-state index contributed by atoms with van der Waals surface area (Å²) in [4.78, 5) is 0. The van der Waals surface area contributed by atoms with E-state index in [0.29, 0.717) is 0 Å². The van der Waals surface area contributed by atoms with E-state index in [1.165, 1.54) is 18.9 Å². The van der Waals surface area contributed by atoms with Gasteiger partial charge in [0.15, 0.2) is 17.4 Å². The number of unbranched alkanes of at least 4 members (excludes halogenated alkanes) is 1. The summed E-state index contributed by atoms with van der Waals surface area (Å²) in [5.41, 5.74) is 0. The molecule has 0 aromatic heterocycles. The Morgan fingerprint density at radius 1 is 1.25 bits per heavy atom. The van der Waals surface area contributed by atoms with Crippen molar-refractivity contribution in [3.8, 4) is 0 Å². The fraction of sp³-hybridized carbons (Fsp3) is 1.00. The van der Waals surface area contributed by atoms with Crippen molar-refractivity contribution < 1.29 is 4.12 Å². The van der Waals surface area contributed by atoms with Crippen LogP contribution in [-0.4, -0.2) is 17.4 Å². The van der Waals surface area contributed by atoms with Gasteiger partial charge < -0.3 is 10.3 Å². The summed E-state index contributed by atoms with van der Waals surface area (Å²) >= 11 is 0. The zero-order valence-electron chi connectivity index (χ0n) is 9.31. The summed E-state index contributed by atoms with van der Waals surface area (Å²) in [6, 6.07) is 1.34. The van der Waals surface area contributed by atoms with Gasteiger partial charge in [0.05, 0.1) is 0 Å². The molecule has 0 saturated heterocycles. The first kappa shape index (κ1) is 14.9. The lowest BCUT2D eigenvalue weighted by Gasteiger charge is -2.25. The largest absolute Gasteiger partial charge is 0.458 e. The Bertz CT molecular complexity index is 107. The normalized spacial score (nSPS) is 11.5. The van der Waals surface area contributed by atoms with Gasteiger partial charge in [-0.1, -0.05) is 19.8 Å². The van der Waals surface area contributed by atoms with Gasteiger partial charge in [0.1, 0.15) is 0 Å². The smallest absolute Gasteiger partial charge is 0.173 e. The van der Waals surface area contributed by atoms with Crippen LogP contribution in [0.4, 0.5) is 0 Å². The van der Waals surface area contributed by atoms with Gasteiger partial charge in [-0.25, -0.2) is 0 Å². The molecule has 0 fully saturated rings. The van der Waals surface area contributed by atoms with E-state index in [9.17, 15) is 0 Å². The molecule has 0 amide bonds. The van der Waals surface area contributed by atoms with Crippen molar-refractivity contribution in [3.05, 3.63) is 0 Å². The van der Waals surface area contributed by atoms with Gasteiger partial charge >= 0.3 is 0 Å². The average molecular weight is 207 g/mol. The van der Waals surface area contributed by atoms with E-state index in [1.807, 2.05) is 0 Å². The second-order valence-corrected chi connectivity index (χ2v) is 11.1. The lowest BCUT2D eigenvalue weighted by molar-refractivity contribution is 0.565. The zero-order valence-corrected chi connectivity index (χ0v) is 11.5. The Kier molecular flexibility index (Phi) is 8.45. The van der Waals surface area contributed by atoms with Crippen LogP contribution in [-0.2, 0) is 4.12 Å². The van der Waals surface area contributed by atoms with Crippen molar-refractivity contribution in [2.24, 2.45) is 0 Å². The molecule has 0 spiro atoms. The molecule has 0 aliphatic carbocycles. The maximum Gasteiger partial charge on any atom is 0.173 e. The third kappa shape index (κ3) is 8.45. The molecule has 0 aliphatic rings. The van der Waals surface area contributed by atoms with Crippen molar-refractivity contribution in [1.82, 2.24) is 6.15 Å². The summed E-state index contributed by atoms with van der Waals surface area (Å²) in [6.07, 6.45) is 2.65. The van der Waals surface area contributed by atoms with Crippen LogP contribution in [0, 0.1) is 0 Å². The Morgan fingerprint density at radius 2 is 1.75 bits per heavy atom. The van der Waals surface area contributed by atoms with Gasteiger partial charge in [-0.15, -0.1) is 0 Å². The van der Waals surface area contributed by atoms with E-state index in [2.05, 4.69) is 33.1 Å². The van der Waals surface area contributed by atoms with Gasteiger partial charge in [-0.2, -0.15) is 0 Å². The Labute approximate surface area is 80.1 Å². The van der Waals surface area contributed by atoms with Gasteiger partial charge in [-0.05, 0) is 32.2 Å². The van der Waals surface area contributed by atoms with Crippen molar-refractivity contribution >= 4 is 17.4 Å². The van der Waals surface area contributed by atoms with Crippen LogP contribution < -0.4 is 6.15 Å². The highest BCUT2D eigenvalue weighted by molar-refractivity contribution is 6.77. The first-order valence-electron chi connectivity index (χ1n) is 4.66. The van der Waals surface area contributed by atoms with E-state index >= 15 is 0 Å². The first-order chi connectivity index (χ1) is 4.98. The maximum absolute atomic E-state index is 6.02. The topological polar surface area (TPSA) is 44.2 Å². The number of hydrogen-bond donors (Lipinski definition) is 1. The van der Waals surface area contributed by atoms with Crippen LogP contribution in [0.2, 0.25) is 32.2 Å². The number of rotatable bonds is 5. The van der Waals surface area contributed by atoms with Crippen molar-refractivity contribution in [2.45, 2.75) is 52.0 Å². The second kappa shape index (κ2) is 6.83. The number of hydrogen-bond acceptors (Lipinski definition) is 2. The molecule has 76 valence electrons. The second-order valence-electron chi connectivity index (χ2n) is 4.03. The molecular weight excluding hydrogens is 182 g/mol. The van der Waals surface area contributed by atoms with Crippen LogP contribution in [0.25, 0.3) is 0 Å². The molecule has 12 heavy (non-hydrogen) atoms. The highest BCUT2D eigenvalue weighted by Gasteiger charge is 2.22. The molecular formula is C8H25NOSi2. The van der Waals surface area contributed by atoms with Gasteiger partial charge in [0.25, 0.3) is 0 Å². The van der Waals surface area contributed by atoms with Crippen LogP contribution in [0.15, 0.2) is 0 Å². The van der Waals surface area contributed by atoms with E-state index in [4.69, 9.17) is 4.12 Å². The van der Waals surface area contributed by atoms with Crippen LogP contribution in [0.3, 0.4) is 0 Å². The third-order valence-electron chi connectivity index (χ3n) is 1.69. The highest BCUT2D eigenvalue weighted by Crippen LogP contribution is 2.15. The molecule has 0 saturated carbocycles. The van der Waals surface area contributed by atoms with Gasteiger partial charge in [0.2, 0.25) is 0 Å². The molecule has 0 bridgehead atoms. The van der Waals surface area contributed by atoms with Gasteiger partial charge in [-0.3, -0.25) is 0 Å². The fourth-order valence-electron chi connectivity index (χ4n) is 1.30. The van der Waals surface area contributed by atoms with Crippen LogP contribution >= 0.6 is 0 Å². The predicted molar refractivity (Wildman–Crippen MR) is 62.2 cm³/mol. The van der Waals surface area contributed by atoms with Crippen LogP contribution in [0.1, 0.15) is 19.8 Å². The molecule has 3 N–H and O–H groups in total. The quantitative estimate of drug-likeness (QED) is 0.704. The van der Waals surface area contributed by atoms with Crippen LogP contribution in [0.5, 0.6) is 0 Å². The minimum atomic E-state index is -1.23. The standard InChI is InChI=1S/C8H22OSi2.H3N/c1-6-7-8-11(4,5)9-10(2)3;/h10H,6-8H2,1-5H3;1H3. The molecule has 0 heterocycles. The van der Waals surface area contributed by atoms with E-state index < -0.39 is 17.4 Å². The Hall–Kier alpha value is 0.354. The first-order valence-corrected chi connectivity index (χ1v) is 10.6. The summed E-state index contributed by atoms with van der Waals surface area (Å²) in [7, 11) is -2.00. The monoisotopic (exact) mass is 207 g/mol. The van der Waals surface area contributed by atoms with Crippen molar-refractivity contribution in [3.63, 3.8) is 0 Å². The fourth-order valence-corrected chi connectivity index (χ4v) is 8.08. The summed E-state index contributed by atoms with van der Waals surface area (Å²) < 4.78 is 6.02. The lowest BCUT2D eigenvalue weighted by atomic mass is 10.4. The van der Waals surface area contributed by atoms with E-state index in [1.54, 1.807) is 0 Å². The molecule has 0 unspecified atom stereocenters. The molecule has 0 aromatic rings. The molecule has 0 atom stereocenters. The maximum atomic E-state index is 6.02. The van der Waals surface area contributed by atoms with Crippen molar-refractivity contribution in [1.29, 1.82) is 0 Å². The molecule has 4 heteroatoms. The predicted octanol–water partition coefficient (Wildman–Crippen LogP) is 3.15. The minimum absolute atomic E-state index is 0. The summed E-state index contributed by atoms with van der Waals surface area (Å²) in [5.74, 6) is 0. The Balaban J connectivity index is 0. The van der Waals surface area contributed by atoms with E-state index in [0.717, 1.165) is 0 Å². The third-order valence-corrected chi connectivity index (χ3v) is 7.68. The highest BCUT2D eigenvalue weighted by atomic mass is 28.4. The lowest BCUT2D eigenvalue weighted by Crippen LogP contribution is -2.34. The SMILES string of the molecule is CCCC[Si](C)(C)O[SiH](C)C.N.